The summed E-state index contributed by atoms with van der Waals surface area (Å²) in [6, 6.07) is 0. The van der Waals surface area contributed by atoms with Gasteiger partial charge in [-0.25, -0.2) is 0 Å². The van der Waals surface area contributed by atoms with E-state index >= 15 is 0 Å². The van der Waals surface area contributed by atoms with Gasteiger partial charge in [0, 0.05) is 0 Å². The van der Waals surface area contributed by atoms with Crippen LogP contribution in [0.3, 0.4) is 0 Å². The highest BCUT2D eigenvalue weighted by molar-refractivity contribution is 4.65. The third kappa shape index (κ3) is 4.38. The molecule has 0 rings (SSSR count). The average Bonchev–Trinajstić information content (AvgIpc) is 1.87. The molecule has 0 aliphatic heterocycles. The number of rotatable bonds is 5. The van der Waals surface area contributed by atoms with Crippen molar-refractivity contribution in [1.82, 2.24) is 0 Å². The van der Waals surface area contributed by atoms with Crippen molar-refractivity contribution in [3.05, 3.63) is 0 Å². The molecule has 0 saturated heterocycles. The number of ether oxygens (including phenoxy) is 1. The highest BCUT2D eigenvalue weighted by Crippen LogP contribution is 2.15. The predicted molar refractivity (Wildman–Crippen MR) is 46.5 cm³/mol. The minimum absolute atomic E-state index is 0.121. The Kier molecular flexibility index (Phi) is 5.51. The molecule has 0 heterocycles. The quantitative estimate of drug-likeness (QED) is 0.663. The summed E-state index contributed by atoms with van der Waals surface area (Å²) in [6.07, 6.45) is 0.280. The maximum atomic E-state index is 8.55. The van der Waals surface area contributed by atoms with Crippen LogP contribution in [0.15, 0.2) is 0 Å². The Morgan fingerprint density at radius 1 is 1.09 bits per heavy atom. The monoisotopic (exact) mass is 160 g/mol. The Morgan fingerprint density at radius 3 is 1.82 bits per heavy atom. The molecule has 68 valence electrons. The average molecular weight is 160 g/mol. The Hall–Kier alpha value is -0.0800. The van der Waals surface area contributed by atoms with Gasteiger partial charge in [-0.1, -0.05) is 27.7 Å². The van der Waals surface area contributed by atoms with E-state index in [4.69, 9.17) is 9.84 Å². The Balaban J connectivity index is 3.70. The van der Waals surface area contributed by atoms with Crippen molar-refractivity contribution in [2.75, 3.05) is 13.2 Å². The minimum Gasteiger partial charge on any atom is -0.394 e. The molecule has 0 bridgehead atoms. The summed E-state index contributed by atoms with van der Waals surface area (Å²) < 4.78 is 5.46. The van der Waals surface area contributed by atoms with E-state index in [-0.39, 0.29) is 12.7 Å². The van der Waals surface area contributed by atoms with Gasteiger partial charge in [-0.05, 0) is 11.8 Å². The van der Waals surface area contributed by atoms with Gasteiger partial charge in [-0.15, -0.1) is 0 Å². The lowest BCUT2D eigenvalue weighted by Crippen LogP contribution is -2.27. The van der Waals surface area contributed by atoms with E-state index in [9.17, 15) is 0 Å². The molecule has 0 spiro atoms. The third-order valence-electron chi connectivity index (χ3n) is 1.72. The lowest BCUT2D eigenvalue weighted by Gasteiger charge is -2.24. The van der Waals surface area contributed by atoms with E-state index in [1.165, 1.54) is 0 Å². The molecule has 0 aromatic carbocycles. The zero-order valence-electron chi connectivity index (χ0n) is 8.00. The van der Waals surface area contributed by atoms with Crippen LogP contribution in [0, 0.1) is 11.8 Å². The first-order chi connectivity index (χ1) is 5.09. The molecule has 2 nitrogen and oxygen atoms in total. The first kappa shape index (κ1) is 10.9. The molecule has 0 aliphatic carbocycles. The molecule has 0 aromatic rings. The second-order valence-corrected chi connectivity index (χ2v) is 3.55. The fourth-order valence-corrected chi connectivity index (χ4v) is 1.34. The number of hydrogen-bond acceptors (Lipinski definition) is 2. The van der Waals surface area contributed by atoms with Crippen LogP contribution in [-0.4, -0.2) is 24.4 Å². The van der Waals surface area contributed by atoms with Gasteiger partial charge in [0.15, 0.2) is 0 Å². The van der Waals surface area contributed by atoms with Crippen LogP contribution in [0.1, 0.15) is 27.7 Å². The summed E-state index contributed by atoms with van der Waals surface area (Å²) in [6.45, 7) is 9.14. The number of hydrogen-bond donors (Lipinski definition) is 1. The molecule has 2 heteroatoms. The van der Waals surface area contributed by atoms with Crippen molar-refractivity contribution in [3.8, 4) is 0 Å². The van der Waals surface area contributed by atoms with Crippen molar-refractivity contribution < 1.29 is 9.84 Å². The smallest absolute Gasteiger partial charge is 0.0701 e. The lowest BCUT2D eigenvalue weighted by molar-refractivity contribution is -0.0228. The van der Waals surface area contributed by atoms with Crippen LogP contribution in [0.5, 0.6) is 0 Å². The molecule has 11 heavy (non-hydrogen) atoms. The first-order valence-electron chi connectivity index (χ1n) is 4.32. The molecule has 0 aliphatic rings. The molecule has 0 aromatic heterocycles. The second-order valence-electron chi connectivity index (χ2n) is 3.55. The van der Waals surface area contributed by atoms with Gasteiger partial charge in [0.1, 0.15) is 0 Å². The summed E-state index contributed by atoms with van der Waals surface area (Å²) >= 11 is 0. The highest BCUT2D eigenvalue weighted by Gasteiger charge is 2.17. The summed E-state index contributed by atoms with van der Waals surface area (Å²) in [4.78, 5) is 0. The van der Waals surface area contributed by atoms with Crippen LogP contribution in [0.4, 0.5) is 0 Å². The van der Waals surface area contributed by atoms with E-state index in [2.05, 4.69) is 27.7 Å². The van der Waals surface area contributed by atoms with Gasteiger partial charge in [-0.3, -0.25) is 0 Å². The maximum absolute atomic E-state index is 8.55. The minimum atomic E-state index is 0.121. The molecule has 0 amide bonds. The molecule has 1 N–H and O–H groups in total. The van der Waals surface area contributed by atoms with E-state index in [0.29, 0.717) is 18.4 Å². The Morgan fingerprint density at radius 2 is 1.55 bits per heavy atom. The molecule has 0 atom stereocenters. The fourth-order valence-electron chi connectivity index (χ4n) is 1.34. The predicted octanol–water partition coefficient (Wildman–Crippen LogP) is 1.68. The summed E-state index contributed by atoms with van der Waals surface area (Å²) in [7, 11) is 0. The normalized spacial score (nSPS) is 12.0. The fraction of sp³-hybridized carbons (Fsp3) is 1.00. The Labute approximate surface area is 69.6 Å². The number of aliphatic hydroxyl groups excluding tert-OH is 1. The van der Waals surface area contributed by atoms with Gasteiger partial charge < -0.3 is 9.84 Å². The van der Waals surface area contributed by atoms with E-state index < -0.39 is 0 Å². The van der Waals surface area contributed by atoms with Gasteiger partial charge in [-0.2, -0.15) is 0 Å². The largest absolute Gasteiger partial charge is 0.394 e. The second kappa shape index (κ2) is 5.56. The van der Waals surface area contributed by atoms with Crippen LogP contribution in [0.25, 0.3) is 0 Å². The number of aliphatic hydroxyl groups is 1. The molecule has 0 radical (unpaired) electrons. The molecule has 0 fully saturated rings. The molecule has 0 saturated carbocycles. The third-order valence-corrected chi connectivity index (χ3v) is 1.72. The molecular weight excluding hydrogens is 140 g/mol. The van der Waals surface area contributed by atoms with E-state index in [0.717, 1.165) is 0 Å². The maximum Gasteiger partial charge on any atom is 0.0701 e. The van der Waals surface area contributed by atoms with Gasteiger partial charge in [0.25, 0.3) is 0 Å². The van der Waals surface area contributed by atoms with E-state index in [1.54, 1.807) is 0 Å². The van der Waals surface area contributed by atoms with Gasteiger partial charge >= 0.3 is 0 Å². The van der Waals surface area contributed by atoms with Crippen molar-refractivity contribution in [2.24, 2.45) is 11.8 Å². The van der Waals surface area contributed by atoms with Crippen molar-refractivity contribution >= 4 is 0 Å². The van der Waals surface area contributed by atoms with Gasteiger partial charge in [0.2, 0.25) is 0 Å². The van der Waals surface area contributed by atoms with Crippen LogP contribution in [0.2, 0.25) is 0 Å². The van der Waals surface area contributed by atoms with Crippen LogP contribution < -0.4 is 0 Å². The topological polar surface area (TPSA) is 29.5 Å². The molecule has 0 unspecified atom stereocenters. The Bertz CT molecular complexity index is 81.6. The zero-order valence-corrected chi connectivity index (χ0v) is 8.00. The summed E-state index contributed by atoms with van der Waals surface area (Å²) in [5.41, 5.74) is 0. The first-order valence-corrected chi connectivity index (χ1v) is 4.32. The van der Waals surface area contributed by atoms with Gasteiger partial charge in [0.05, 0.1) is 19.3 Å². The van der Waals surface area contributed by atoms with Crippen molar-refractivity contribution in [3.63, 3.8) is 0 Å². The molecular formula is C9H20O2. The summed E-state index contributed by atoms with van der Waals surface area (Å²) in [5.74, 6) is 1.06. The van der Waals surface area contributed by atoms with Crippen molar-refractivity contribution in [2.45, 2.75) is 33.8 Å². The zero-order chi connectivity index (χ0) is 8.85. The lowest BCUT2D eigenvalue weighted by atomic mass is 9.96. The van der Waals surface area contributed by atoms with Crippen LogP contribution in [-0.2, 0) is 4.74 Å². The van der Waals surface area contributed by atoms with Crippen molar-refractivity contribution in [1.29, 1.82) is 0 Å². The highest BCUT2D eigenvalue weighted by atomic mass is 16.5. The SMILES string of the molecule is CC(C)C(OCCO)C(C)C. The van der Waals surface area contributed by atoms with Crippen LogP contribution >= 0.6 is 0 Å². The standard InChI is InChI=1S/C9H20O2/c1-7(2)9(8(3)4)11-6-5-10/h7-10H,5-6H2,1-4H3. The van der Waals surface area contributed by atoms with E-state index in [1.807, 2.05) is 0 Å². The summed E-state index contributed by atoms with van der Waals surface area (Å²) in [5, 5.41) is 8.55.